The van der Waals surface area contributed by atoms with Crippen molar-refractivity contribution in [2.45, 2.75) is 12.8 Å². The number of piperidine rings is 1. The number of likely N-dealkylation sites (tertiary alicyclic amines) is 1. The molecule has 2 aliphatic rings. The Labute approximate surface area is 155 Å². The van der Waals surface area contributed by atoms with Crippen LogP contribution >= 0.6 is 0 Å². The molecule has 26 heavy (non-hydrogen) atoms. The number of nitrogens with zero attached hydrogens (tertiary/aromatic N) is 3. The predicted octanol–water partition coefficient (Wildman–Crippen LogP) is 1.64. The summed E-state index contributed by atoms with van der Waals surface area (Å²) in [6.45, 7) is 10.5. The third-order valence-electron chi connectivity index (χ3n) is 5.28. The molecular weight excluding hydrogens is 330 g/mol. The molecule has 0 atom stereocenters. The monoisotopic (exact) mass is 359 g/mol. The smallest absolute Gasteiger partial charge is 0.317 e. The molecule has 2 fully saturated rings. The molecule has 0 saturated carbocycles. The molecule has 0 bridgehead atoms. The molecule has 0 aromatic heterocycles. The third-order valence-corrected chi connectivity index (χ3v) is 5.28. The van der Waals surface area contributed by atoms with E-state index in [0.717, 1.165) is 70.0 Å². The molecule has 2 saturated heterocycles. The predicted molar refractivity (Wildman–Crippen MR) is 106 cm³/mol. The first-order valence-corrected chi connectivity index (χ1v) is 9.40. The summed E-state index contributed by atoms with van der Waals surface area (Å²) in [6.07, 6.45) is 2.05. The van der Waals surface area contributed by atoms with Crippen molar-refractivity contribution in [2.75, 3.05) is 62.6 Å². The van der Waals surface area contributed by atoms with Crippen LogP contribution in [0.5, 0.6) is 0 Å². The summed E-state index contributed by atoms with van der Waals surface area (Å²) >= 11 is 0. The quantitative estimate of drug-likeness (QED) is 0.642. The summed E-state index contributed by atoms with van der Waals surface area (Å²) in [5.74, 6) is -0.182. The number of benzene rings is 1. The van der Waals surface area contributed by atoms with Crippen LogP contribution < -0.4 is 15.5 Å². The van der Waals surface area contributed by atoms with Gasteiger partial charge in [0.15, 0.2) is 0 Å². The van der Waals surface area contributed by atoms with Crippen LogP contribution in [0.15, 0.2) is 23.2 Å². The lowest BCUT2D eigenvalue weighted by Gasteiger charge is -2.31. The summed E-state index contributed by atoms with van der Waals surface area (Å²) in [6, 6.07) is 6.36. The van der Waals surface area contributed by atoms with Crippen LogP contribution in [-0.4, -0.2) is 75.1 Å². The van der Waals surface area contributed by atoms with Gasteiger partial charge in [-0.3, -0.25) is 14.7 Å². The molecule has 0 amide bonds. The number of anilines is 2. The maximum absolute atomic E-state index is 10.8. The van der Waals surface area contributed by atoms with Gasteiger partial charge in [0.1, 0.15) is 0 Å². The van der Waals surface area contributed by atoms with E-state index in [4.69, 9.17) is 5.11 Å². The number of nitrogens with one attached hydrogen (secondary N) is 2. The van der Waals surface area contributed by atoms with E-state index in [1.807, 2.05) is 4.90 Å². The van der Waals surface area contributed by atoms with Gasteiger partial charge in [0.2, 0.25) is 0 Å². The highest BCUT2D eigenvalue weighted by Gasteiger charge is 2.21. The van der Waals surface area contributed by atoms with Gasteiger partial charge in [-0.1, -0.05) is 0 Å². The molecule has 0 spiro atoms. The average Bonchev–Trinajstić information content (AvgIpc) is 2.67. The highest BCUT2D eigenvalue weighted by atomic mass is 16.4. The van der Waals surface area contributed by atoms with Gasteiger partial charge in [-0.2, -0.15) is 0 Å². The van der Waals surface area contributed by atoms with E-state index in [1.165, 1.54) is 5.69 Å². The van der Waals surface area contributed by atoms with Gasteiger partial charge in [0, 0.05) is 38.4 Å². The summed E-state index contributed by atoms with van der Waals surface area (Å²) < 4.78 is 0. The Bertz CT molecular complexity index is 622. The van der Waals surface area contributed by atoms with E-state index in [9.17, 15) is 4.79 Å². The van der Waals surface area contributed by atoms with Crippen molar-refractivity contribution in [1.82, 2.24) is 10.2 Å². The fourth-order valence-electron chi connectivity index (χ4n) is 3.71. The molecule has 0 unspecified atom stereocenters. The van der Waals surface area contributed by atoms with Crippen molar-refractivity contribution < 1.29 is 9.90 Å². The number of hydrogen-bond acceptors (Lipinski definition) is 6. The highest BCUT2D eigenvalue weighted by Crippen LogP contribution is 2.31. The van der Waals surface area contributed by atoms with E-state index in [0.29, 0.717) is 5.92 Å². The Morgan fingerprint density at radius 2 is 2.00 bits per heavy atom. The number of rotatable bonds is 7. The zero-order chi connectivity index (χ0) is 18.4. The second-order valence-electron chi connectivity index (χ2n) is 7.09. The van der Waals surface area contributed by atoms with Crippen molar-refractivity contribution in [1.29, 1.82) is 0 Å². The van der Waals surface area contributed by atoms with Crippen molar-refractivity contribution in [2.24, 2.45) is 10.9 Å². The van der Waals surface area contributed by atoms with Crippen molar-refractivity contribution in [3.63, 3.8) is 0 Å². The fourth-order valence-corrected chi connectivity index (χ4v) is 3.71. The van der Waals surface area contributed by atoms with Crippen LogP contribution in [0.1, 0.15) is 12.8 Å². The Kier molecular flexibility index (Phi) is 6.46. The summed E-state index contributed by atoms with van der Waals surface area (Å²) in [4.78, 5) is 19.4. The van der Waals surface area contributed by atoms with Gasteiger partial charge in [0.25, 0.3) is 0 Å². The van der Waals surface area contributed by atoms with Gasteiger partial charge in [-0.25, -0.2) is 0 Å². The lowest BCUT2D eigenvalue weighted by atomic mass is 9.96. The highest BCUT2D eigenvalue weighted by molar-refractivity contribution is 5.73. The van der Waals surface area contributed by atoms with Gasteiger partial charge in [-0.05, 0) is 56.8 Å². The van der Waals surface area contributed by atoms with Crippen LogP contribution in [0.4, 0.5) is 17.1 Å². The summed E-state index contributed by atoms with van der Waals surface area (Å²) in [5, 5.41) is 15.8. The van der Waals surface area contributed by atoms with E-state index < -0.39 is 5.97 Å². The minimum absolute atomic E-state index is 0.151. The summed E-state index contributed by atoms with van der Waals surface area (Å²) in [7, 11) is 0. The SMILES string of the molecule is C=Nc1cc(N2CCNCC2)ccc1NCC1CCN(CC(=O)O)CC1. The second-order valence-corrected chi connectivity index (χ2v) is 7.09. The van der Waals surface area contributed by atoms with Crippen molar-refractivity contribution in [3.05, 3.63) is 18.2 Å². The number of aliphatic imine (C=N–C) groups is 1. The normalized spacial score (nSPS) is 19.3. The molecule has 2 heterocycles. The third kappa shape index (κ3) is 4.95. The molecule has 1 aromatic rings. The fraction of sp³-hybridized carbons (Fsp3) is 0.579. The van der Waals surface area contributed by atoms with Crippen molar-refractivity contribution in [3.8, 4) is 0 Å². The first kappa shape index (κ1) is 18.7. The minimum Gasteiger partial charge on any atom is -0.480 e. The molecule has 1 aromatic carbocycles. The number of aliphatic carboxylic acids is 1. The van der Waals surface area contributed by atoms with Crippen LogP contribution in [0, 0.1) is 5.92 Å². The van der Waals surface area contributed by atoms with Crippen LogP contribution in [-0.2, 0) is 4.79 Å². The number of carbonyl (C=O) groups is 1. The molecule has 0 aliphatic carbocycles. The standard InChI is InChI=1S/C19H29N5O2/c1-20-18-12-16(24-10-6-21-7-11-24)2-3-17(18)22-13-15-4-8-23(9-5-15)14-19(25)26/h2-3,12,15,21-22H,1,4-11,13-14H2,(H,25,26). The zero-order valence-electron chi connectivity index (χ0n) is 15.3. The van der Waals surface area contributed by atoms with E-state index in [-0.39, 0.29) is 6.54 Å². The summed E-state index contributed by atoms with van der Waals surface area (Å²) in [5.41, 5.74) is 3.11. The maximum Gasteiger partial charge on any atom is 0.317 e. The van der Waals surface area contributed by atoms with Gasteiger partial charge in [-0.15, -0.1) is 0 Å². The van der Waals surface area contributed by atoms with Crippen LogP contribution in [0.3, 0.4) is 0 Å². The number of piperazine rings is 1. The zero-order valence-corrected chi connectivity index (χ0v) is 15.3. The molecule has 0 radical (unpaired) electrons. The molecular formula is C19H29N5O2. The molecule has 7 heteroatoms. The molecule has 7 nitrogen and oxygen atoms in total. The number of carboxylic acid groups (broad SMARTS) is 1. The van der Waals surface area contributed by atoms with Crippen LogP contribution in [0.25, 0.3) is 0 Å². The first-order chi connectivity index (χ1) is 12.7. The number of carboxylic acids is 1. The molecule has 3 rings (SSSR count). The Hall–Kier alpha value is -2.12. The van der Waals surface area contributed by atoms with Gasteiger partial charge >= 0.3 is 5.97 Å². The average molecular weight is 359 g/mol. The number of hydrogen-bond donors (Lipinski definition) is 3. The van der Waals surface area contributed by atoms with E-state index in [1.54, 1.807) is 0 Å². The minimum atomic E-state index is -0.743. The maximum atomic E-state index is 10.8. The first-order valence-electron chi connectivity index (χ1n) is 9.40. The van der Waals surface area contributed by atoms with Gasteiger partial charge in [0.05, 0.1) is 17.9 Å². The molecule has 2 aliphatic heterocycles. The largest absolute Gasteiger partial charge is 0.480 e. The molecule has 142 valence electrons. The van der Waals surface area contributed by atoms with Crippen LogP contribution in [0.2, 0.25) is 0 Å². The van der Waals surface area contributed by atoms with E-state index >= 15 is 0 Å². The van der Waals surface area contributed by atoms with E-state index in [2.05, 4.69) is 45.4 Å². The molecule has 3 N–H and O–H groups in total. The lowest BCUT2D eigenvalue weighted by molar-refractivity contribution is -0.138. The lowest BCUT2D eigenvalue weighted by Crippen LogP contribution is -2.43. The second kappa shape index (κ2) is 9.00. The topological polar surface area (TPSA) is 80.2 Å². The Balaban J connectivity index is 1.53. The Morgan fingerprint density at radius 1 is 1.27 bits per heavy atom. The van der Waals surface area contributed by atoms with Gasteiger partial charge < -0.3 is 20.6 Å². The van der Waals surface area contributed by atoms with Crippen molar-refractivity contribution >= 4 is 29.7 Å². The Morgan fingerprint density at radius 3 is 2.65 bits per heavy atom.